The lowest BCUT2D eigenvalue weighted by Crippen LogP contribution is -2.41. The Balaban J connectivity index is 1.70. The van der Waals surface area contributed by atoms with E-state index in [2.05, 4.69) is 15.3 Å². The molecule has 1 aromatic heterocycles. The Kier molecular flexibility index (Phi) is 6.87. The fourth-order valence-corrected chi connectivity index (χ4v) is 3.45. The quantitative estimate of drug-likeness (QED) is 0.806. The van der Waals surface area contributed by atoms with E-state index in [0.29, 0.717) is 23.6 Å². The minimum Gasteiger partial charge on any atom is -0.375 e. The summed E-state index contributed by atoms with van der Waals surface area (Å²) in [5.74, 6) is -0.156. The van der Waals surface area contributed by atoms with E-state index in [1.165, 1.54) is 25.4 Å². The summed E-state index contributed by atoms with van der Waals surface area (Å²) >= 11 is 0. The standard InChI is InChI=1S/C21H25FN4O3/c1-14-17(21(28)24-11-15-6-8-16(22)9-7-15)12-23-20(25-14)18-5-3-4-10-26(18)19(27)13-29-2/h6-9,12,18H,3-5,10-11,13H2,1-2H3,(H,24,28)/t18-/m0/s1. The van der Waals surface area contributed by atoms with Crippen molar-refractivity contribution in [2.24, 2.45) is 0 Å². The zero-order chi connectivity index (χ0) is 20.8. The molecule has 0 saturated carbocycles. The van der Waals surface area contributed by atoms with Crippen LogP contribution < -0.4 is 5.32 Å². The SMILES string of the molecule is COCC(=O)N1CCCC[C@H]1c1ncc(C(=O)NCc2ccc(F)cc2)c(C)n1. The van der Waals surface area contributed by atoms with Gasteiger partial charge in [-0.25, -0.2) is 14.4 Å². The lowest BCUT2D eigenvalue weighted by Gasteiger charge is -2.34. The molecule has 3 rings (SSSR count). The van der Waals surface area contributed by atoms with Gasteiger partial charge < -0.3 is 15.0 Å². The number of aromatic nitrogens is 2. The van der Waals surface area contributed by atoms with Crippen molar-refractivity contribution in [3.63, 3.8) is 0 Å². The highest BCUT2D eigenvalue weighted by atomic mass is 19.1. The molecule has 0 radical (unpaired) electrons. The Morgan fingerprint density at radius 2 is 2.03 bits per heavy atom. The van der Waals surface area contributed by atoms with Gasteiger partial charge in [0.05, 0.1) is 17.3 Å². The Morgan fingerprint density at radius 1 is 1.28 bits per heavy atom. The Hall–Kier alpha value is -2.87. The third-order valence-electron chi connectivity index (χ3n) is 5.00. The number of piperidine rings is 1. The Bertz CT molecular complexity index is 873. The molecule has 8 heteroatoms. The molecule has 2 aromatic rings. The first-order valence-electron chi connectivity index (χ1n) is 9.64. The average Bonchev–Trinajstić information content (AvgIpc) is 2.73. The Morgan fingerprint density at radius 3 is 2.72 bits per heavy atom. The number of halogens is 1. The van der Waals surface area contributed by atoms with Crippen molar-refractivity contribution in [3.8, 4) is 0 Å². The molecular formula is C21H25FN4O3. The summed E-state index contributed by atoms with van der Waals surface area (Å²) < 4.78 is 18.0. The predicted octanol–water partition coefficient (Wildman–Crippen LogP) is 2.55. The summed E-state index contributed by atoms with van der Waals surface area (Å²) in [6.45, 7) is 2.71. The fraction of sp³-hybridized carbons (Fsp3) is 0.429. The average molecular weight is 400 g/mol. The van der Waals surface area contributed by atoms with Crippen molar-refractivity contribution in [2.45, 2.75) is 38.8 Å². The van der Waals surface area contributed by atoms with Crippen molar-refractivity contribution in [1.82, 2.24) is 20.2 Å². The Labute approximate surface area is 169 Å². The number of carbonyl (C=O) groups is 2. The van der Waals surface area contributed by atoms with E-state index < -0.39 is 0 Å². The zero-order valence-corrected chi connectivity index (χ0v) is 16.7. The van der Waals surface area contributed by atoms with Crippen molar-refractivity contribution >= 4 is 11.8 Å². The van der Waals surface area contributed by atoms with Crippen LogP contribution in [0.4, 0.5) is 4.39 Å². The molecular weight excluding hydrogens is 375 g/mol. The minimum absolute atomic E-state index is 0.0271. The van der Waals surface area contributed by atoms with Crippen molar-refractivity contribution in [2.75, 3.05) is 20.3 Å². The normalized spacial score (nSPS) is 16.5. The van der Waals surface area contributed by atoms with Gasteiger partial charge in [0.1, 0.15) is 12.4 Å². The number of nitrogens with one attached hydrogen (secondary N) is 1. The molecule has 1 aromatic carbocycles. The van der Waals surface area contributed by atoms with Crippen molar-refractivity contribution in [1.29, 1.82) is 0 Å². The van der Waals surface area contributed by atoms with Crippen molar-refractivity contribution < 1.29 is 18.7 Å². The van der Waals surface area contributed by atoms with Gasteiger partial charge in [-0.2, -0.15) is 0 Å². The molecule has 0 bridgehead atoms. The maximum atomic E-state index is 13.0. The number of benzene rings is 1. The molecule has 1 atom stereocenters. The van der Waals surface area contributed by atoms with Crippen LogP contribution >= 0.6 is 0 Å². The monoisotopic (exact) mass is 400 g/mol. The number of hydrogen-bond acceptors (Lipinski definition) is 5. The molecule has 1 N–H and O–H groups in total. The third kappa shape index (κ3) is 5.14. The van der Waals surface area contributed by atoms with E-state index in [1.54, 1.807) is 24.0 Å². The first-order chi connectivity index (χ1) is 14.0. The van der Waals surface area contributed by atoms with Gasteiger partial charge in [0.25, 0.3) is 5.91 Å². The molecule has 1 saturated heterocycles. The van der Waals surface area contributed by atoms with E-state index in [4.69, 9.17) is 4.74 Å². The molecule has 7 nitrogen and oxygen atoms in total. The summed E-state index contributed by atoms with van der Waals surface area (Å²) in [5.41, 5.74) is 1.72. The first-order valence-corrected chi connectivity index (χ1v) is 9.64. The van der Waals surface area contributed by atoms with E-state index in [9.17, 15) is 14.0 Å². The summed E-state index contributed by atoms with van der Waals surface area (Å²) in [6, 6.07) is 5.74. The van der Waals surface area contributed by atoms with Crippen molar-refractivity contribution in [3.05, 3.63) is 58.9 Å². The number of nitrogens with zero attached hydrogens (tertiary/aromatic N) is 3. The van der Waals surface area contributed by atoms with Gasteiger partial charge in [0, 0.05) is 26.4 Å². The van der Waals surface area contributed by atoms with Gasteiger partial charge in [0.15, 0.2) is 5.82 Å². The van der Waals surface area contributed by atoms with Gasteiger partial charge in [-0.3, -0.25) is 9.59 Å². The van der Waals surface area contributed by atoms with E-state index in [-0.39, 0.29) is 36.8 Å². The highest BCUT2D eigenvalue weighted by Gasteiger charge is 2.30. The minimum atomic E-state index is -0.319. The number of likely N-dealkylation sites (tertiary alicyclic amines) is 1. The summed E-state index contributed by atoms with van der Waals surface area (Å²) in [7, 11) is 1.50. The molecule has 0 unspecified atom stereocenters. The highest BCUT2D eigenvalue weighted by Crippen LogP contribution is 2.29. The van der Waals surface area contributed by atoms with E-state index in [0.717, 1.165) is 24.8 Å². The second kappa shape index (κ2) is 9.56. The second-order valence-electron chi connectivity index (χ2n) is 7.07. The molecule has 1 fully saturated rings. The number of ether oxygens (including phenoxy) is 1. The number of amides is 2. The molecule has 0 spiro atoms. The number of methoxy groups -OCH3 is 1. The van der Waals surface area contributed by atoms with Gasteiger partial charge >= 0.3 is 0 Å². The van der Waals surface area contributed by atoms with Gasteiger partial charge in [-0.1, -0.05) is 12.1 Å². The molecule has 0 aliphatic carbocycles. The van der Waals surface area contributed by atoms with Gasteiger partial charge in [-0.15, -0.1) is 0 Å². The first kappa shape index (κ1) is 20.9. The molecule has 1 aliphatic rings. The van der Waals surface area contributed by atoms with E-state index >= 15 is 0 Å². The molecule has 1 aliphatic heterocycles. The second-order valence-corrected chi connectivity index (χ2v) is 7.07. The van der Waals surface area contributed by atoms with Crippen LogP contribution in [0.2, 0.25) is 0 Å². The molecule has 2 heterocycles. The number of carbonyl (C=O) groups excluding carboxylic acids is 2. The summed E-state index contributed by atoms with van der Waals surface area (Å²) in [4.78, 5) is 35.5. The third-order valence-corrected chi connectivity index (χ3v) is 5.00. The number of rotatable bonds is 6. The van der Waals surface area contributed by atoms with Gasteiger partial charge in [-0.05, 0) is 43.9 Å². The van der Waals surface area contributed by atoms with Crippen LogP contribution in [0, 0.1) is 12.7 Å². The lowest BCUT2D eigenvalue weighted by atomic mass is 10.0. The van der Waals surface area contributed by atoms with Gasteiger partial charge in [0.2, 0.25) is 5.91 Å². The molecule has 2 amide bonds. The van der Waals surface area contributed by atoms with E-state index in [1.807, 2.05) is 0 Å². The zero-order valence-electron chi connectivity index (χ0n) is 16.7. The van der Waals surface area contributed by atoms with Crippen LogP contribution in [0.25, 0.3) is 0 Å². The maximum absolute atomic E-state index is 13.0. The largest absolute Gasteiger partial charge is 0.375 e. The smallest absolute Gasteiger partial charge is 0.254 e. The lowest BCUT2D eigenvalue weighted by molar-refractivity contribution is -0.139. The highest BCUT2D eigenvalue weighted by molar-refractivity contribution is 5.94. The molecule has 154 valence electrons. The number of hydrogen-bond donors (Lipinski definition) is 1. The maximum Gasteiger partial charge on any atom is 0.254 e. The van der Waals surface area contributed by atoms with Crippen LogP contribution in [-0.2, 0) is 16.1 Å². The summed E-state index contributed by atoms with van der Waals surface area (Å²) in [5, 5.41) is 2.80. The predicted molar refractivity (Wildman–Crippen MR) is 105 cm³/mol. The van der Waals surface area contributed by atoms with Crippen LogP contribution in [0.15, 0.2) is 30.5 Å². The number of aryl methyl sites for hydroxylation is 1. The van der Waals surface area contributed by atoms with Crippen LogP contribution in [0.1, 0.15) is 52.7 Å². The topological polar surface area (TPSA) is 84.4 Å². The molecule has 29 heavy (non-hydrogen) atoms. The fourth-order valence-electron chi connectivity index (χ4n) is 3.45. The van der Waals surface area contributed by atoms with Crippen LogP contribution in [0.5, 0.6) is 0 Å². The van der Waals surface area contributed by atoms with Crippen LogP contribution in [-0.4, -0.2) is 46.9 Å². The van der Waals surface area contributed by atoms with Crippen LogP contribution in [0.3, 0.4) is 0 Å². The summed E-state index contributed by atoms with van der Waals surface area (Å²) in [6.07, 6.45) is 4.22.